The highest BCUT2D eigenvalue weighted by Gasteiger charge is 2.32. The van der Waals surface area contributed by atoms with Crippen LogP contribution in [0.15, 0.2) is 24.3 Å². The van der Waals surface area contributed by atoms with Gasteiger partial charge in [0.1, 0.15) is 11.9 Å². The first-order valence-electron chi connectivity index (χ1n) is 8.13. The first-order chi connectivity index (χ1) is 11.0. The molecule has 1 fully saturated rings. The minimum Gasteiger partial charge on any atom is -0.380 e. The van der Waals surface area contributed by atoms with Crippen LogP contribution in [0.1, 0.15) is 25.5 Å². The number of piperazine rings is 1. The Kier molecular flexibility index (Phi) is 6.50. The third-order valence-corrected chi connectivity index (χ3v) is 4.34. The lowest BCUT2D eigenvalue weighted by molar-refractivity contribution is -0.124. The molecule has 1 amide bonds. The molecule has 23 heavy (non-hydrogen) atoms. The monoisotopic (exact) mass is 323 g/mol. The van der Waals surface area contributed by atoms with Crippen molar-refractivity contribution in [1.82, 2.24) is 9.80 Å². The Labute approximate surface area is 137 Å². The SMILES string of the molecule is CCOCCN1CCN([C@@H](C(N)=O)c2ccc(F)cc2)C[C@@H]1C. The zero-order valence-corrected chi connectivity index (χ0v) is 13.9. The third kappa shape index (κ3) is 4.73. The van der Waals surface area contributed by atoms with Crippen LogP contribution in [0.25, 0.3) is 0 Å². The summed E-state index contributed by atoms with van der Waals surface area (Å²) < 4.78 is 18.5. The summed E-state index contributed by atoms with van der Waals surface area (Å²) in [7, 11) is 0. The molecular formula is C17H26FN3O2. The first-order valence-corrected chi connectivity index (χ1v) is 8.13. The molecule has 0 spiro atoms. The maximum Gasteiger partial charge on any atom is 0.239 e. The fraction of sp³-hybridized carbons (Fsp3) is 0.588. The van der Waals surface area contributed by atoms with Gasteiger partial charge in [0.25, 0.3) is 0 Å². The van der Waals surface area contributed by atoms with Gasteiger partial charge in [-0.2, -0.15) is 0 Å². The van der Waals surface area contributed by atoms with Gasteiger partial charge in [0.05, 0.1) is 6.61 Å². The quantitative estimate of drug-likeness (QED) is 0.771. The number of benzene rings is 1. The number of nitrogens with zero attached hydrogens (tertiary/aromatic N) is 2. The van der Waals surface area contributed by atoms with Gasteiger partial charge >= 0.3 is 0 Å². The van der Waals surface area contributed by atoms with E-state index < -0.39 is 11.9 Å². The summed E-state index contributed by atoms with van der Waals surface area (Å²) in [4.78, 5) is 16.4. The summed E-state index contributed by atoms with van der Waals surface area (Å²) in [6, 6.07) is 5.81. The van der Waals surface area contributed by atoms with E-state index in [4.69, 9.17) is 10.5 Å². The van der Waals surface area contributed by atoms with Gasteiger partial charge in [0, 0.05) is 38.8 Å². The predicted molar refractivity (Wildman–Crippen MR) is 87.4 cm³/mol. The Morgan fingerprint density at radius 1 is 1.39 bits per heavy atom. The summed E-state index contributed by atoms with van der Waals surface area (Å²) in [5.41, 5.74) is 6.35. The highest BCUT2D eigenvalue weighted by molar-refractivity contribution is 5.81. The number of halogens is 1. The maximum atomic E-state index is 13.1. The molecule has 2 N–H and O–H groups in total. The minimum absolute atomic E-state index is 0.312. The topological polar surface area (TPSA) is 58.8 Å². The van der Waals surface area contributed by atoms with E-state index in [0.717, 1.165) is 45.0 Å². The van der Waals surface area contributed by atoms with E-state index in [-0.39, 0.29) is 5.82 Å². The molecule has 128 valence electrons. The van der Waals surface area contributed by atoms with Crippen LogP contribution in [0.2, 0.25) is 0 Å². The number of rotatable bonds is 7. The van der Waals surface area contributed by atoms with Crippen LogP contribution in [0.5, 0.6) is 0 Å². The van der Waals surface area contributed by atoms with Gasteiger partial charge < -0.3 is 10.5 Å². The van der Waals surface area contributed by atoms with Crippen molar-refractivity contribution >= 4 is 5.91 Å². The lowest BCUT2D eigenvalue weighted by atomic mass is 10.0. The second kappa shape index (κ2) is 8.38. The van der Waals surface area contributed by atoms with Crippen molar-refractivity contribution < 1.29 is 13.9 Å². The Balaban J connectivity index is 2.02. The molecule has 1 aliphatic heterocycles. The van der Waals surface area contributed by atoms with Gasteiger partial charge in [-0.1, -0.05) is 12.1 Å². The van der Waals surface area contributed by atoms with Crippen molar-refractivity contribution in [2.45, 2.75) is 25.9 Å². The smallest absolute Gasteiger partial charge is 0.239 e. The van der Waals surface area contributed by atoms with Gasteiger partial charge in [-0.05, 0) is 31.5 Å². The zero-order valence-electron chi connectivity index (χ0n) is 13.9. The Morgan fingerprint density at radius 2 is 2.09 bits per heavy atom. The number of hydrogen-bond donors (Lipinski definition) is 1. The van der Waals surface area contributed by atoms with Crippen molar-refractivity contribution in [3.8, 4) is 0 Å². The minimum atomic E-state index is -0.507. The van der Waals surface area contributed by atoms with Crippen LogP contribution < -0.4 is 5.73 Å². The molecule has 2 rings (SSSR count). The summed E-state index contributed by atoms with van der Waals surface area (Å²) in [5.74, 6) is -0.711. The molecule has 5 nitrogen and oxygen atoms in total. The van der Waals surface area contributed by atoms with E-state index >= 15 is 0 Å². The van der Waals surface area contributed by atoms with Crippen molar-refractivity contribution in [3.05, 3.63) is 35.6 Å². The molecule has 1 aromatic rings. The Bertz CT molecular complexity index is 509. The average molecular weight is 323 g/mol. The molecular weight excluding hydrogens is 297 g/mol. The van der Waals surface area contributed by atoms with Crippen LogP contribution in [0.3, 0.4) is 0 Å². The van der Waals surface area contributed by atoms with Gasteiger partial charge in [-0.15, -0.1) is 0 Å². The molecule has 2 atom stereocenters. The number of hydrogen-bond acceptors (Lipinski definition) is 4. The van der Waals surface area contributed by atoms with Crippen molar-refractivity contribution in [1.29, 1.82) is 0 Å². The van der Waals surface area contributed by atoms with E-state index in [2.05, 4.69) is 16.7 Å². The molecule has 1 heterocycles. The van der Waals surface area contributed by atoms with Gasteiger partial charge in [-0.3, -0.25) is 14.6 Å². The fourth-order valence-corrected chi connectivity index (χ4v) is 3.12. The first kappa shape index (κ1) is 17.8. The average Bonchev–Trinajstić information content (AvgIpc) is 2.51. The normalized spacial score (nSPS) is 21.3. The van der Waals surface area contributed by atoms with Crippen LogP contribution in [-0.2, 0) is 9.53 Å². The molecule has 0 aliphatic carbocycles. The number of carbonyl (C=O) groups excluding carboxylic acids is 1. The number of ether oxygens (including phenoxy) is 1. The van der Waals surface area contributed by atoms with E-state index in [1.807, 2.05) is 6.92 Å². The van der Waals surface area contributed by atoms with E-state index in [0.29, 0.717) is 6.04 Å². The van der Waals surface area contributed by atoms with Crippen molar-refractivity contribution in [2.24, 2.45) is 5.73 Å². The lowest BCUT2D eigenvalue weighted by Gasteiger charge is -2.42. The van der Waals surface area contributed by atoms with E-state index in [1.165, 1.54) is 12.1 Å². The number of carbonyl (C=O) groups is 1. The standard InChI is InChI=1S/C17H26FN3O2/c1-3-23-11-10-20-8-9-21(12-13(20)2)16(17(19)22)14-4-6-15(18)7-5-14/h4-7,13,16H,3,8-12H2,1-2H3,(H2,19,22)/t13-,16+/m0/s1. The van der Waals surface area contributed by atoms with Gasteiger partial charge in [0.2, 0.25) is 5.91 Å². The Hall–Kier alpha value is -1.50. The summed E-state index contributed by atoms with van der Waals surface area (Å²) >= 11 is 0. The van der Waals surface area contributed by atoms with Crippen LogP contribution in [-0.4, -0.2) is 61.1 Å². The molecule has 1 aromatic carbocycles. The second-order valence-electron chi connectivity index (χ2n) is 5.93. The van der Waals surface area contributed by atoms with E-state index in [9.17, 15) is 9.18 Å². The second-order valence-corrected chi connectivity index (χ2v) is 5.93. The van der Waals surface area contributed by atoms with Crippen LogP contribution >= 0.6 is 0 Å². The molecule has 0 saturated carbocycles. The van der Waals surface area contributed by atoms with Crippen LogP contribution in [0.4, 0.5) is 4.39 Å². The number of amides is 1. The molecule has 1 saturated heterocycles. The molecule has 0 unspecified atom stereocenters. The largest absolute Gasteiger partial charge is 0.380 e. The highest BCUT2D eigenvalue weighted by Crippen LogP contribution is 2.24. The predicted octanol–water partition coefficient (Wildman–Crippen LogP) is 1.39. The molecule has 0 radical (unpaired) electrons. The van der Waals surface area contributed by atoms with Gasteiger partial charge in [0.15, 0.2) is 0 Å². The molecule has 0 bridgehead atoms. The summed E-state index contributed by atoms with van der Waals surface area (Å²) in [6.45, 7) is 8.82. The molecule has 1 aliphatic rings. The number of nitrogens with two attached hydrogens (primary N) is 1. The van der Waals surface area contributed by atoms with Gasteiger partial charge in [-0.25, -0.2) is 4.39 Å². The van der Waals surface area contributed by atoms with Crippen molar-refractivity contribution in [3.63, 3.8) is 0 Å². The summed E-state index contributed by atoms with van der Waals surface area (Å²) in [6.07, 6.45) is 0. The lowest BCUT2D eigenvalue weighted by Crippen LogP contribution is -2.55. The maximum absolute atomic E-state index is 13.1. The Morgan fingerprint density at radius 3 is 2.65 bits per heavy atom. The summed E-state index contributed by atoms with van der Waals surface area (Å²) in [5, 5.41) is 0. The molecule has 0 aromatic heterocycles. The number of primary amides is 1. The third-order valence-electron chi connectivity index (χ3n) is 4.34. The zero-order chi connectivity index (χ0) is 16.8. The van der Waals surface area contributed by atoms with Crippen molar-refractivity contribution in [2.75, 3.05) is 39.4 Å². The highest BCUT2D eigenvalue weighted by atomic mass is 19.1. The van der Waals surface area contributed by atoms with Crippen LogP contribution in [0, 0.1) is 5.82 Å². The van der Waals surface area contributed by atoms with E-state index in [1.54, 1.807) is 12.1 Å². The molecule has 6 heteroatoms. The fourth-order valence-electron chi connectivity index (χ4n) is 3.12.